The lowest BCUT2D eigenvalue weighted by molar-refractivity contribution is 0.104. The van der Waals surface area contributed by atoms with E-state index in [2.05, 4.69) is 6.07 Å². The van der Waals surface area contributed by atoms with Crippen molar-refractivity contribution in [3.05, 3.63) is 89.4 Å². The molecule has 0 aliphatic carbocycles. The van der Waals surface area contributed by atoms with Gasteiger partial charge in [-0.2, -0.15) is 5.26 Å². The summed E-state index contributed by atoms with van der Waals surface area (Å²) in [5, 5.41) is 8.79. The van der Waals surface area contributed by atoms with Gasteiger partial charge in [-0.3, -0.25) is 4.79 Å². The van der Waals surface area contributed by atoms with Crippen molar-refractivity contribution >= 4 is 11.9 Å². The second-order valence-corrected chi connectivity index (χ2v) is 5.63. The Morgan fingerprint density at radius 1 is 1.11 bits per heavy atom. The zero-order valence-corrected chi connectivity index (χ0v) is 14.7. The van der Waals surface area contributed by atoms with E-state index in [1.807, 2.05) is 6.07 Å². The third-order valence-electron chi connectivity index (χ3n) is 3.82. The van der Waals surface area contributed by atoms with Gasteiger partial charge in [0, 0.05) is 0 Å². The molecule has 0 aliphatic rings. The Balaban J connectivity index is 1.61. The maximum atomic E-state index is 12.3. The minimum absolute atomic E-state index is 0.167. The van der Waals surface area contributed by atoms with Crippen molar-refractivity contribution in [2.75, 3.05) is 7.11 Å². The van der Waals surface area contributed by atoms with Crippen LogP contribution in [0.3, 0.4) is 0 Å². The first-order valence-corrected chi connectivity index (χ1v) is 8.26. The third kappa shape index (κ3) is 4.65. The first kappa shape index (κ1) is 18.0. The number of nitrogens with zero attached hydrogens (tertiary/aromatic N) is 1. The molecule has 0 saturated carbocycles. The average Bonchev–Trinajstić information content (AvgIpc) is 3.18. The smallest absolute Gasteiger partial charge is 0.189 e. The number of furan rings is 1. The summed E-state index contributed by atoms with van der Waals surface area (Å²) in [6.07, 6.45) is 3.06. The summed E-state index contributed by atoms with van der Waals surface area (Å²) in [6.45, 7) is 0.250. The summed E-state index contributed by atoms with van der Waals surface area (Å²) in [6, 6.07) is 19.5. The highest BCUT2D eigenvalue weighted by Gasteiger charge is 2.08. The van der Waals surface area contributed by atoms with E-state index in [0.717, 1.165) is 0 Å². The molecule has 0 amide bonds. The number of allylic oxidation sites excluding steroid dienone is 1. The van der Waals surface area contributed by atoms with Crippen molar-refractivity contribution in [2.24, 2.45) is 0 Å². The molecule has 5 nitrogen and oxygen atoms in total. The van der Waals surface area contributed by atoms with Crippen LogP contribution < -0.4 is 9.47 Å². The molecule has 0 spiro atoms. The summed E-state index contributed by atoms with van der Waals surface area (Å²) >= 11 is 0. The number of para-hydroxylation sites is 1. The number of nitriles is 1. The molecule has 0 N–H and O–H groups in total. The van der Waals surface area contributed by atoms with Gasteiger partial charge in [-0.25, -0.2) is 0 Å². The van der Waals surface area contributed by atoms with Crippen molar-refractivity contribution < 1.29 is 18.7 Å². The summed E-state index contributed by atoms with van der Waals surface area (Å²) in [4.78, 5) is 12.3. The van der Waals surface area contributed by atoms with Crippen LogP contribution in [0, 0.1) is 11.3 Å². The summed E-state index contributed by atoms with van der Waals surface area (Å²) in [5.74, 6) is 2.19. The molecule has 0 atom stereocenters. The number of hydrogen-bond donors (Lipinski definition) is 0. The van der Waals surface area contributed by atoms with Crippen molar-refractivity contribution in [1.29, 1.82) is 5.26 Å². The summed E-state index contributed by atoms with van der Waals surface area (Å²) < 4.78 is 16.5. The molecule has 0 aliphatic heterocycles. The fourth-order valence-corrected chi connectivity index (χ4v) is 2.44. The molecule has 5 heteroatoms. The lowest BCUT2D eigenvalue weighted by atomic mass is 10.1. The highest BCUT2D eigenvalue weighted by atomic mass is 16.5. The van der Waals surface area contributed by atoms with Gasteiger partial charge in [0.25, 0.3) is 0 Å². The average molecular weight is 359 g/mol. The summed E-state index contributed by atoms with van der Waals surface area (Å²) in [5.41, 5.74) is 1.07. The third-order valence-corrected chi connectivity index (χ3v) is 3.82. The highest BCUT2D eigenvalue weighted by Crippen LogP contribution is 2.19. The van der Waals surface area contributed by atoms with Gasteiger partial charge in [-0.1, -0.05) is 12.1 Å². The Kier molecular flexibility index (Phi) is 5.70. The quantitative estimate of drug-likeness (QED) is 0.454. The molecule has 134 valence electrons. The fraction of sp³-hybridized carbons (Fsp3) is 0.0909. The lowest BCUT2D eigenvalue weighted by Gasteiger charge is -2.04. The van der Waals surface area contributed by atoms with E-state index in [4.69, 9.17) is 19.2 Å². The Bertz CT molecular complexity index is 994. The predicted octanol–water partition coefficient (Wildman–Crippen LogP) is 4.63. The number of hydrogen-bond acceptors (Lipinski definition) is 5. The van der Waals surface area contributed by atoms with E-state index in [9.17, 15) is 4.79 Å². The van der Waals surface area contributed by atoms with Crippen LogP contribution in [0.4, 0.5) is 0 Å². The SMILES string of the molecule is COc1ccccc1C(=O)/C=C/c1ccc(COc2ccc(C#N)cc2)o1. The van der Waals surface area contributed by atoms with Crippen LogP contribution in [-0.2, 0) is 6.61 Å². The molecular weight excluding hydrogens is 342 g/mol. The van der Waals surface area contributed by atoms with Gasteiger partial charge < -0.3 is 13.9 Å². The van der Waals surface area contributed by atoms with E-state index in [0.29, 0.717) is 34.1 Å². The second kappa shape index (κ2) is 8.54. The molecule has 2 aromatic carbocycles. The van der Waals surface area contributed by atoms with Crippen LogP contribution in [0.25, 0.3) is 6.08 Å². The normalized spacial score (nSPS) is 10.5. The van der Waals surface area contributed by atoms with Crippen LogP contribution in [-0.4, -0.2) is 12.9 Å². The van der Waals surface area contributed by atoms with Gasteiger partial charge in [0.15, 0.2) is 5.78 Å². The van der Waals surface area contributed by atoms with Gasteiger partial charge in [-0.05, 0) is 60.7 Å². The molecule has 1 aromatic heterocycles. The molecule has 27 heavy (non-hydrogen) atoms. The maximum absolute atomic E-state index is 12.3. The Morgan fingerprint density at radius 2 is 1.89 bits per heavy atom. The number of benzene rings is 2. The first-order valence-electron chi connectivity index (χ1n) is 8.26. The van der Waals surface area contributed by atoms with Crippen LogP contribution in [0.1, 0.15) is 27.4 Å². The van der Waals surface area contributed by atoms with Crippen LogP contribution in [0.5, 0.6) is 11.5 Å². The largest absolute Gasteiger partial charge is 0.496 e. The summed E-state index contributed by atoms with van der Waals surface area (Å²) in [7, 11) is 1.53. The Morgan fingerprint density at radius 3 is 2.63 bits per heavy atom. The zero-order chi connectivity index (χ0) is 19.1. The van der Waals surface area contributed by atoms with E-state index in [1.54, 1.807) is 60.7 Å². The highest BCUT2D eigenvalue weighted by molar-refractivity contribution is 6.08. The standard InChI is InChI=1S/C22H17NO4/c1-25-22-5-3-2-4-20(22)21(24)13-12-18-10-11-19(27-18)15-26-17-8-6-16(14-23)7-9-17/h2-13H,15H2,1H3/b13-12+. The van der Waals surface area contributed by atoms with Crippen LogP contribution in [0.2, 0.25) is 0 Å². The number of carbonyl (C=O) groups is 1. The minimum atomic E-state index is -0.167. The molecular formula is C22H17NO4. The van der Waals surface area contributed by atoms with Crippen molar-refractivity contribution in [3.63, 3.8) is 0 Å². The monoisotopic (exact) mass is 359 g/mol. The van der Waals surface area contributed by atoms with Crippen LogP contribution in [0.15, 0.2) is 71.2 Å². The zero-order valence-electron chi connectivity index (χ0n) is 14.7. The predicted molar refractivity (Wildman–Crippen MR) is 101 cm³/mol. The fourth-order valence-electron chi connectivity index (χ4n) is 2.44. The van der Waals surface area contributed by atoms with Gasteiger partial charge in [0.1, 0.15) is 29.6 Å². The molecule has 3 rings (SSSR count). The maximum Gasteiger partial charge on any atom is 0.189 e. The number of rotatable bonds is 7. The first-order chi connectivity index (χ1) is 13.2. The van der Waals surface area contributed by atoms with E-state index < -0.39 is 0 Å². The topological polar surface area (TPSA) is 72.5 Å². The van der Waals surface area contributed by atoms with Gasteiger partial charge in [0.2, 0.25) is 0 Å². The second-order valence-electron chi connectivity index (χ2n) is 5.63. The lowest BCUT2D eigenvalue weighted by Crippen LogP contribution is -1.98. The number of carbonyl (C=O) groups excluding carboxylic acids is 1. The van der Waals surface area contributed by atoms with E-state index >= 15 is 0 Å². The van der Waals surface area contributed by atoms with Crippen LogP contribution >= 0.6 is 0 Å². The van der Waals surface area contributed by atoms with E-state index in [-0.39, 0.29) is 12.4 Å². The molecule has 1 heterocycles. The van der Waals surface area contributed by atoms with Crippen molar-refractivity contribution in [3.8, 4) is 17.6 Å². The minimum Gasteiger partial charge on any atom is -0.496 e. The molecule has 0 radical (unpaired) electrons. The molecule has 0 saturated heterocycles. The number of methoxy groups -OCH3 is 1. The van der Waals surface area contributed by atoms with E-state index in [1.165, 1.54) is 13.2 Å². The molecule has 0 unspecified atom stereocenters. The number of ether oxygens (including phenoxy) is 2. The number of ketones is 1. The van der Waals surface area contributed by atoms with Gasteiger partial charge in [0.05, 0.1) is 24.3 Å². The molecule has 0 fully saturated rings. The molecule has 3 aromatic rings. The van der Waals surface area contributed by atoms with Crippen molar-refractivity contribution in [1.82, 2.24) is 0 Å². The van der Waals surface area contributed by atoms with Crippen molar-refractivity contribution in [2.45, 2.75) is 6.61 Å². The molecule has 0 bridgehead atoms. The Hall–Kier alpha value is -3.78. The van der Waals surface area contributed by atoms with Gasteiger partial charge >= 0.3 is 0 Å². The van der Waals surface area contributed by atoms with Gasteiger partial charge in [-0.15, -0.1) is 0 Å². The Labute approximate surface area is 157 Å².